The molecular formula is C28H30FN3O3. The molecule has 2 fully saturated rings. The van der Waals surface area contributed by atoms with Gasteiger partial charge in [0.2, 0.25) is 5.91 Å². The summed E-state index contributed by atoms with van der Waals surface area (Å²) in [7, 11) is 0. The van der Waals surface area contributed by atoms with Crippen LogP contribution in [0.3, 0.4) is 0 Å². The number of anilines is 1. The topological polar surface area (TPSA) is 97.4 Å². The Morgan fingerprint density at radius 3 is 2.54 bits per heavy atom. The minimum atomic E-state index is -0.510. The van der Waals surface area contributed by atoms with E-state index in [0.717, 1.165) is 73.6 Å². The number of aliphatic hydroxyl groups is 1. The van der Waals surface area contributed by atoms with Crippen molar-refractivity contribution >= 4 is 28.4 Å². The fraction of sp³-hybridized carbons (Fsp3) is 0.429. The standard InChI is InChI=1S/C28H30FN3O3/c29-17-3-9-21-23(13-17)32-24(14-28(10-1-11-28)15-25(32)34)26(21)16-2-8-20(27(30)35)22(12-16)31-18-4-6-19(33)7-5-18/h2-3,8-9,12-13,18-19,31,33H,1,4-7,10-11,14-15H2,(H2,30,35)/t18-,19-. The summed E-state index contributed by atoms with van der Waals surface area (Å²) in [6.45, 7) is 0. The van der Waals surface area contributed by atoms with Crippen LogP contribution in [0.5, 0.6) is 0 Å². The van der Waals surface area contributed by atoms with Crippen molar-refractivity contribution in [2.45, 2.75) is 69.9 Å². The van der Waals surface area contributed by atoms with Gasteiger partial charge in [-0.25, -0.2) is 4.39 Å². The van der Waals surface area contributed by atoms with E-state index >= 15 is 0 Å². The molecular weight excluding hydrogens is 445 g/mol. The van der Waals surface area contributed by atoms with Gasteiger partial charge in [0.1, 0.15) is 5.82 Å². The molecule has 0 saturated heterocycles. The molecule has 2 aromatic carbocycles. The van der Waals surface area contributed by atoms with Gasteiger partial charge in [0.05, 0.1) is 17.2 Å². The Kier molecular flexibility index (Phi) is 5.22. The normalized spacial score (nSPS) is 23.2. The number of rotatable bonds is 4. The maximum absolute atomic E-state index is 14.3. The first-order valence-corrected chi connectivity index (χ1v) is 12.6. The van der Waals surface area contributed by atoms with Gasteiger partial charge in [-0.1, -0.05) is 12.5 Å². The molecule has 6 nitrogen and oxygen atoms in total. The number of aliphatic hydroxyl groups excluding tert-OH is 1. The van der Waals surface area contributed by atoms with E-state index in [2.05, 4.69) is 5.32 Å². The van der Waals surface area contributed by atoms with Crippen molar-refractivity contribution in [3.8, 4) is 11.1 Å². The highest BCUT2D eigenvalue weighted by Gasteiger charge is 2.45. The third kappa shape index (κ3) is 3.73. The van der Waals surface area contributed by atoms with E-state index < -0.39 is 5.91 Å². The van der Waals surface area contributed by atoms with E-state index in [9.17, 15) is 19.1 Å². The molecule has 0 radical (unpaired) electrons. The van der Waals surface area contributed by atoms with Crippen LogP contribution in [0.25, 0.3) is 22.0 Å². The fourth-order valence-electron chi connectivity index (χ4n) is 6.41. The summed E-state index contributed by atoms with van der Waals surface area (Å²) in [5, 5.41) is 14.2. The first-order chi connectivity index (χ1) is 16.8. The third-order valence-electron chi connectivity index (χ3n) is 8.39. The van der Waals surface area contributed by atoms with Crippen LogP contribution in [0.4, 0.5) is 10.1 Å². The molecule has 0 atom stereocenters. The van der Waals surface area contributed by atoms with E-state index in [4.69, 9.17) is 5.73 Å². The van der Waals surface area contributed by atoms with Crippen LogP contribution in [-0.4, -0.2) is 33.6 Å². The van der Waals surface area contributed by atoms with Gasteiger partial charge >= 0.3 is 0 Å². The Labute approximate surface area is 203 Å². The van der Waals surface area contributed by atoms with Crippen LogP contribution in [0.1, 0.15) is 72.2 Å². The second-order valence-corrected chi connectivity index (χ2v) is 10.7. The summed E-state index contributed by atoms with van der Waals surface area (Å²) in [6, 6.07) is 10.3. The number of aromatic nitrogens is 1. The minimum absolute atomic E-state index is 0.00588. The third-order valence-corrected chi connectivity index (χ3v) is 8.39. The molecule has 4 N–H and O–H groups in total. The number of nitrogens with zero attached hydrogens (tertiary/aromatic N) is 1. The van der Waals surface area contributed by atoms with Gasteiger partial charge in [-0.3, -0.25) is 14.2 Å². The zero-order valence-corrected chi connectivity index (χ0v) is 19.6. The van der Waals surface area contributed by atoms with Gasteiger partial charge < -0.3 is 16.2 Å². The highest BCUT2D eigenvalue weighted by atomic mass is 19.1. The molecule has 2 saturated carbocycles. The number of hydrogen-bond donors (Lipinski definition) is 3. The zero-order chi connectivity index (χ0) is 24.3. The summed E-state index contributed by atoms with van der Waals surface area (Å²) in [4.78, 5) is 25.5. The number of carbonyl (C=O) groups is 2. The molecule has 2 aliphatic carbocycles. The molecule has 3 aromatic rings. The van der Waals surface area contributed by atoms with Gasteiger partial charge in [0.25, 0.3) is 5.91 Å². The number of nitrogens with two attached hydrogens (primary N) is 1. The Morgan fingerprint density at radius 1 is 1.09 bits per heavy atom. The molecule has 35 heavy (non-hydrogen) atoms. The smallest absolute Gasteiger partial charge is 0.250 e. The lowest BCUT2D eigenvalue weighted by atomic mass is 9.62. The number of nitrogens with one attached hydrogen (secondary N) is 1. The number of halogens is 1. The van der Waals surface area contributed by atoms with Gasteiger partial charge in [-0.05, 0) is 86.3 Å². The van der Waals surface area contributed by atoms with Crippen LogP contribution < -0.4 is 11.1 Å². The molecule has 182 valence electrons. The lowest BCUT2D eigenvalue weighted by Crippen LogP contribution is -2.40. The van der Waals surface area contributed by atoms with E-state index in [1.165, 1.54) is 12.1 Å². The number of amides is 1. The number of benzene rings is 2. The van der Waals surface area contributed by atoms with Crippen molar-refractivity contribution in [2.24, 2.45) is 11.1 Å². The molecule has 7 heteroatoms. The van der Waals surface area contributed by atoms with E-state index in [1.807, 2.05) is 12.1 Å². The molecule has 0 bridgehead atoms. The van der Waals surface area contributed by atoms with Gasteiger partial charge in [0, 0.05) is 34.8 Å². The van der Waals surface area contributed by atoms with Crippen molar-refractivity contribution in [2.75, 3.05) is 5.32 Å². The Balaban J connectivity index is 1.50. The van der Waals surface area contributed by atoms with Crippen LogP contribution in [0.2, 0.25) is 0 Å². The van der Waals surface area contributed by atoms with Crippen LogP contribution in [0.15, 0.2) is 36.4 Å². The lowest BCUT2D eigenvalue weighted by Gasteiger charge is -2.44. The largest absolute Gasteiger partial charge is 0.393 e. The number of hydrogen-bond acceptors (Lipinski definition) is 4. The molecule has 1 aliphatic heterocycles. The molecule has 6 rings (SSSR count). The highest BCUT2D eigenvalue weighted by Crippen LogP contribution is 2.52. The Hall–Kier alpha value is -3.19. The van der Waals surface area contributed by atoms with Crippen LogP contribution in [0, 0.1) is 11.2 Å². The second kappa shape index (κ2) is 8.19. The van der Waals surface area contributed by atoms with Crippen LogP contribution in [-0.2, 0) is 6.42 Å². The van der Waals surface area contributed by atoms with Gasteiger partial charge in [-0.2, -0.15) is 0 Å². The minimum Gasteiger partial charge on any atom is -0.393 e. The molecule has 1 aromatic heterocycles. The lowest BCUT2D eigenvalue weighted by molar-refractivity contribution is 0.0600. The van der Waals surface area contributed by atoms with Crippen molar-refractivity contribution in [3.05, 3.63) is 53.5 Å². The van der Waals surface area contributed by atoms with Crippen molar-refractivity contribution in [1.29, 1.82) is 0 Å². The van der Waals surface area contributed by atoms with Crippen LogP contribution >= 0.6 is 0 Å². The molecule has 0 unspecified atom stereocenters. The molecule has 1 spiro atoms. The summed E-state index contributed by atoms with van der Waals surface area (Å²) in [6.07, 6.45) is 7.28. The average Bonchev–Trinajstić information content (AvgIpc) is 3.13. The van der Waals surface area contributed by atoms with Crippen molar-refractivity contribution < 1.29 is 19.1 Å². The summed E-state index contributed by atoms with van der Waals surface area (Å²) < 4.78 is 16.0. The second-order valence-electron chi connectivity index (χ2n) is 10.7. The number of fused-ring (bicyclic) bond motifs is 3. The zero-order valence-electron chi connectivity index (χ0n) is 19.6. The highest BCUT2D eigenvalue weighted by molar-refractivity contribution is 6.06. The maximum Gasteiger partial charge on any atom is 0.250 e. The van der Waals surface area contributed by atoms with Gasteiger partial charge in [0.15, 0.2) is 0 Å². The monoisotopic (exact) mass is 475 g/mol. The van der Waals surface area contributed by atoms with Crippen molar-refractivity contribution in [1.82, 2.24) is 4.57 Å². The van der Waals surface area contributed by atoms with E-state index in [1.54, 1.807) is 16.7 Å². The van der Waals surface area contributed by atoms with Crippen molar-refractivity contribution in [3.63, 3.8) is 0 Å². The molecule has 1 amide bonds. The molecule has 2 heterocycles. The SMILES string of the molecule is NC(=O)c1ccc(-c2c3n(c4cc(F)ccc24)C(=O)CC2(CCC2)C3)cc1N[C@H]1CC[C@H](O)CC1. The summed E-state index contributed by atoms with van der Waals surface area (Å²) in [5.74, 6) is -0.850. The first-order valence-electron chi connectivity index (χ1n) is 12.6. The summed E-state index contributed by atoms with van der Waals surface area (Å²) in [5.41, 5.74) is 10.1. The van der Waals surface area contributed by atoms with Gasteiger partial charge in [-0.15, -0.1) is 0 Å². The number of carbonyl (C=O) groups excluding carboxylic acids is 2. The maximum atomic E-state index is 14.3. The molecule has 3 aliphatic rings. The Morgan fingerprint density at radius 2 is 1.86 bits per heavy atom. The average molecular weight is 476 g/mol. The predicted octanol–water partition coefficient (Wildman–Crippen LogP) is 5.02. The predicted molar refractivity (Wildman–Crippen MR) is 133 cm³/mol. The van der Waals surface area contributed by atoms with E-state index in [0.29, 0.717) is 23.2 Å². The fourth-order valence-corrected chi connectivity index (χ4v) is 6.41. The summed E-state index contributed by atoms with van der Waals surface area (Å²) >= 11 is 0. The quantitative estimate of drug-likeness (QED) is 0.494. The number of primary amides is 1. The Bertz CT molecular complexity index is 1350. The first kappa shape index (κ1) is 22.3. The van der Waals surface area contributed by atoms with E-state index in [-0.39, 0.29) is 29.3 Å².